The summed E-state index contributed by atoms with van der Waals surface area (Å²) in [5.74, 6) is 1.09. The molecule has 2 heterocycles. The van der Waals surface area contributed by atoms with Crippen LogP contribution in [0.15, 0.2) is 42.6 Å². The van der Waals surface area contributed by atoms with Crippen molar-refractivity contribution in [3.05, 3.63) is 59.4 Å². The molecule has 0 saturated carbocycles. The SMILES string of the molecule is Cc1nc(N2CCN(C)CC2)ncc1C(=O)N(C/C=C/c1ccccc1)CC(C)C. The summed E-state index contributed by atoms with van der Waals surface area (Å²) in [6.07, 6.45) is 5.80. The maximum absolute atomic E-state index is 13.3. The Hall–Kier alpha value is -2.73. The molecule has 30 heavy (non-hydrogen) atoms. The smallest absolute Gasteiger partial charge is 0.257 e. The summed E-state index contributed by atoms with van der Waals surface area (Å²) in [4.78, 5) is 28.8. The van der Waals surface area contributed by atoms with Gasteiger partial charge in [-0.1, -0.05) is 56.3 Å². The summed E-state index contributed by atoms with van der Waals surface area (Å²) in [6, 6.07) is 10.1. The van der Waals surface area contributed by atoms with E-state index in [9.17, 15) is 4.79 Å². The molecule has 0 spiro atoms. The second kappa shape index (κ2) is 10.3. The van der Waals surface area contributed by atoms with Crippen LogP contribution in [0.5, 0.6) is 0 Å². The van der Waals surface area contributed by atoms with Gasteiger partial charge in [0, 0.05) is 45.5 Å². The Morgan fingerprint density at radius 2 is 1.87 bits per heavy atom. The van der Waals surface area contributed by atoms with Crippen molar-refractivity contribution in [2.45, 2.75) is 20.8 Å². The highest BCUT2D eigenvalue weighted by atomic mass is 16.2. The number of nitrogens with zero attached hydrogens (tertiary/aromatic N) is 5. The lowest BCUT2D eigenvalue weighted by atomic mass is 10.1. The second-order valence-electron chi connectivity index (χ2n) is 8.38. The molecule has 0 aliphatic carbocycles. The van der Waals surface area contributed by atoms with Crippen LogP contribution in [0.1, 0.15) is 35.5 Å². The quantitative estimate of drug-likeness (QED) is 0.705. The standard InChI is InChI=1S/C24H33N5O/c1-19(2)18-29(12-8-11-21-9-6-5-7-10-21)23(30)22-17-25-24(26-20(22)3)28-15-13-27(4)14-16-28/h5-11,17,19H,12-16,18H2,1-4H3/b11-8+. The first-order valence-corrected chi connectivity index (χ1v) is 10.7. The van der Waals surface area contributed by atoms with Crippen molar-refractivity contribution >= 4 is 17.9 Å². The lowest BCUT2D eigenvalue weighted by molar-refractivity contribution is 0.0754. The first-order chi connectivity index (χ1) is 14.4. The number of carbonyl (C=O) groups excluding carboxylic acids is 1. The molecule has 1 aromatic carbocycles. The Balaban J connectivity index is 1.72. The van der Waals surface area contributed by atoms with Gasteiger partial charge in [0.15, 0.2) is 0 Å². The lowest BCUT2D eigenvalue weighted by Crippen LogP contribution is -2.45. The van der Waals surface area contributed by atoms with Crippen LogP contribution in [0.3, 0.4) is 0 Å². The van der Waals surface area contributed by atoms with E-state index in [1.807, 2.05) is 36.1 Å². The third-order valence-corrected chi connectivity index (χ3v) is 5.29. The van der Waals surface area contributed by atoms with Gasteiger partial charge < -0.3 is 14.7 Å². The third-order valence-electron chi connectivity index (χ3n) is 5.29. The summed E-state index contributed by atoms with van der Waals surface area (Å²) >= 11 is 0. The number of amides is 1. The first-order valence-electron chi connectivity index (χ1n) is 10.7. The number of hydrogen-bond acceptors (Lipinski definition) is 5. The topological polar surface area (TPSA) is 52.6 Å². The molecule has 0 bridgehead atoms. The Morgan fingerprint density at radius 3 is 2.50 bits per heavy atom. The number of aromatic nitrogens is 2. The van der Waals surface area contributed by atoms with Crippen LogP contribution >= 0.6 is 0 Å². The zero-order chi connectivity index (χ0) is 21.5. The Kier molecular flexibility index (Phi) is 7.57. The van der Waals surface area contributed by atoms with E-state index in [1.165, 1.54) is 0 Å². The molecule has 2 aromatic rings. The minimum Gasteiger partial charge on any atom is -0.338 e. The Morgan fingerprint density at radius 1 is 1.17 bits per heavy atom. The van der Waals surface area contributed by atoms with Crippen LogP contribution in [0, 0.1) is 12.8 Å². The molecular formula is C24H33N5O. The fourth-order valence-electron chi connectivity index (χ4n) is 3.56. The van der Waals surface area contributed by atoms with Crippen molar-refractivity contribution in [2.24, 2.45) is 5.92 Å². The first kappa shape index (κ1) is 22.0. The molecule has 1 aliphatic rings. The molecule has 0 N–H and O–H groups in total. The van der Waals surface area contributed by atoms with Crippen molar-refractivity contribution in [3.8, 4) is 0 Å². The highest BCUT2D eigenvalue weighted by molar-refractivity contribution is 5.95. The lowest BCUT2D eigenvalue weighted by Gasteiger charge is -2.32. The van der Waals surface area contributed by atoms with Crippen LogP contribution < -0.4 is 4.90 Å². The van der Waals surface area contributed by atoms with Crippen molar-refractivity contribution in [3.63, 3.8) is 0 Å². The van der Waals surface area contributed by atoms with Crippen molar-refractivity contribution in [1.82, 2.24) is 19.8 Å². The molecule has 1 aromatic heterocycles. The number of hydrogen-bond donors (Lipinski definition) is 0. The highest BCUT2D eigenvalue weighted by Crippen LogP contribution is 2.16. The minimum atomic E-state index is -0.0103. The number of benzene rings is 1. The van der Waals surface area contributed by atoms with E-state index in [0.29, 0.717) is 24.6 Å². The van der Waals surface area contributed by atoms with Gasteiger partial charge in [-0.3, -0.25) is 4.79 Å². The molecule has 6 heteroatoms. The highest BCUT2D eigenvalue weighted by Gasteiger charge is 2.22. The third kappa shape index (κ3) is 5.89. The van der Waals surface area contributed by atoms with Gasteiger partial charge in [-0.05, 0) is 25.5 Å². The predicted octanol–water partition coefficient (Wildman–Crippen LogP) is 3.35. The van der Waals surface area contributed by atoms with Gasteiger partial charge >= 0.3 is 0 Å². The molecule has 0 radical (unpaired) electrons. The summed E-state index contributed by atoms with van der Waals surface area (Å²) in [7, 11) is 2.13. The molecular weight excluding hydrogens is 374 g/mol. The molecule has 0 atom stereocenters. The van der Waals surface area contributed by atoms with E-state index < -0.39 is 0 Å². The van der Waals surface area contributed by atoms with E-state index in [1.54, 1.807) is 6.20 Å². The van der Waals surface area contributed by atoms with Crippen molar-refractivity contribution < 1.29 is 4.79 Å². The minimum absolute atomic E-state index is 0.0103. The predicted molar refractivity (Wildman–Crippen MR) is 123 cm³/mol. The molecule has 1 saturated heterocycles. The van der Waals surface area contributed by atoms with Crippen LogP contribution in [-0.2, 0) is 0 Å². The van der Waals surface area contributed by atoms with Crippen molar-refractivity contribution in [2.75, 3.05) is 51.2 Å². The van der Waals surface area contributed by atoms with Gasteiger partial charge in [0.1, 0.15) is 0 Å². The van der Waals surface area contributed by atoms with E-state index in [0.717, 1.165) is 43.4 Å². The fourth-order valence-corrected chi connectivity index (χ4v) is 3.56. The molecule has 0 unspecified atom stereocenters. The summed E-state index contributed by atoms with van der Waals surface area (Å²) in [6.45, 7) is 11.2. The van der Waals surface area contributed by atoms with E-state index in [4.69, 9.17) is 0 Å². The number of anilines is 1. The summed E-state index contributed by atoms with van der Waals surface area (Å²) in [5, 5.41) is 0. The average molecular weight is 408 g/mol. The van der Waals surface area contributed by atoms with Gasteiger partial charge in [-0.15, -0.1) is 0 Å². The summed E-state index contributed by atoms with van der Waals surface area (Å²) in [5.41, 5.74) is 2.46. The molecule has 1 amide bonds. The van der Waals surface area contributed by atoms with Crippen LogP contribution in [0.4, 0.5) is 5.95 Å². The molecule has 3 rings (SSSR count). The van der Waals surface area contributed by atoms with Crippen LogP contribution in [-0.4, -0.2) is 72.0 Å². The van der Waals surface area contributed by atoms with E-state index in [-0.39, 0.29) is 5.91 Å². The zero-order valence-corrected chi connectivity index (χ0v) is 18.6. The number of piperazine rings is 1. The van der Waals surface area contributed by atoms with Gasteiger partial charge in [0.2, 0.25) is 5.95 Å². The van der Waals surface area contributed by atoms with E-state index in [2.05, 4.69) is 58.9 Å². The monoisotopic (exact) mass is 407 g/mol. The van der Waals surface area contributed by atoms with Gasteiger partial charge in [0.05, 0.1) is 11.3 Å². The largest absolute Gasteiger partial charge is 0.338 e. The number of aryl methyl sites for hydroxylation is 1. The number of carbonyl (C=O) groups is 1. The van der Waals surface area contributed by atoms with Gasteiger partial charge in [-0.2, -0.15) is 0 Å². The molecule has 1 aliphatic heterocycles. The van der Waals surface area contributed by atoms with E-state index >= 15 is 0 Å². The fraction of sp³-hybridized carbons (Fsp3) is 0.458. The Labute approximate surface area is 180 Å². The molecule has 6 nitrogen and oxygen atoms in total. The van der Waals surface area contributed by atoms with Crippen LogP contribution in [0.25, 0.3) is 6.08 Å². The molecule has 160 valence electrons. The maximum atomic E-state index is 13.3. The number of rotatable bonds is 7. The van der Waals surface area contributed by atoms with Crippen LogP contribution in [0.2, 0.25) is 0 Å². The normalized spacial score (nSPS) is 15.2. The Bertz CT molecular complexity index is 857. The van der Waals surface area contributed by atoms with Crippen molar-refractivity contribution in [1.29, 1.82) is 0 Å². The summed E-state index contributed by atoms with van der Waals surface area (Å²) < 4.78 is 0. The average Bonchev–Trinajstić information content (AvgIpc) is 2.73. The zero-order valence-electron chi connectivity index (χ0n) is 18.6. The second-order valence-corrected chi connectivity index (χ2v) is 8.38. The maximum Gasteiger partial charge on any atom is 0.257 e. The molecule has 1 fully saturated rings. The number of likely N-dealkylation sites (N-methyl/N-ethyl adjacent to an activating group) is 1. The van der Waals surface area contributed by atoms with Gasteiger partial charge in [0.25, 0.3) is 5.91 Å². The van der Waals surface area contributed by atoms with Gasteiger partial charge in [-0.25, -0.2) is 9.97 Å².